The molecule has 9 nitrogen and oxygen atoms in total. The Morgan fingerprint density at radius 3 is 2.32 bits per heavy atom. The van der Waals surface area contributed by atoms with Gasteiger partial charge in [0.05, 0.1) is 29.7 Å². The van der Waals surface area contributed by atoms with E-state index in [1.165, 1.54) is 56.7 Å². The van der Waals surface area contributed by atoms with Gasteiger partial charge in [0.2, 0.25) is 5.88 Å². The number of anilines is 2. The lowest BCUT2D eigenvalue weighted by atomic mass is 10.2. The third kappa shape index (κ3) is 5.54. The van der Waals surface area contributed by atoms with Gasteiger partial charge < -0.3 is 14.8 Å². The molecule has 0 fully saturated rings. The summed E-state index contributed by atoms with van der Waals surface area (Å²) in [5, 5.41) is 3.23. The molecule has 1 aromatic heterocycles. The standard InChI is InChI=1S/C19H16Cl2N4O5S/c1-29-17-10-16(23-19(24-17)30-2)25-31(27,28)13-6-4-12(5-7-13)22-18(26)14-9-11(20)3-8-15(14)21/h3-10H,1-2H3,(H,22,26)(H,23,24,25). The SMILES string of the molecule is COc1cc(NS(=O)(=O)c2ccc(NC(=O)c3cc(Cl)ccc3Cl)cc2)nc(OC)n1. The Labute approximate surface area is 188 Å². The summed E-state index contributed by atoms with van der Waals surface area (Å²) in [5.74, 6) is -0.389. The zero-order valence-corrected chi connectivity index (χ0v) is 18.5. The molecular weight excluding hydrogens is 467 g/mol. The molecule has 162 valence electrons. The van der Waals surface area contributed by atoms with Gasteiger partial charge in [0.15, 0.2) is 5.82 Å². The number of ether oxygens (including phenoxy) is 2. The van der Waals surface area contributed by atoms with E-state index in [0.29, 0.717) is 10.7 Å². The fourth-order valence-electron chi connectivity index (χ4n) is 2.44. The van der Waals surface area contributed by atoms with Crippen LogP contribution in [0.15, 0.2) is 53.4 Å². The normalized spacial score (nSPS) is 11.0. The molecule has 0 saturated heterocycles. The van der Waals surface area contributed by atoms with Crippen LogP contribution in [0.3, 0.4) is 0 Å². The highest BCUT2D eigenvalue weighted by Gasteiger charge is 2.18. The van der Waals surface area contributed by atoms with Gasteiger partial charge in [-0.05, 0) is 42.5 Å². The first-order valence-corrected chi connectivity index (χ1v) is 10.8. The molecule has 2 N–H and O–H groups in total. The van der Waals surface area contributed by atoms with Crippen LogP contribution in [0.25, 0.3) is 0 Å². The lowest BCUT2D eigenvalue weighted by molar-refractivity contribution is 0.102. The molecule has 0 unspecified atom stereocenters. The van der Waals surface area contributed by atoms with E-state index in [1.54, 1.807) is 6.07 Å². The van der Waals surface area contributed by atoms with Gasteiger partial charge in [-0.25, -0.2) is 8.42 Å². The molecule has 0 spiro atoms. The summed E-state index contributed by atoms with van der Waals surface area (Å²) in [6, 6.07) is 11.3. The minimum atomic E-state index is -3.98. The molecule has 3 aromatic rings. The second kappa shape index (κ2) is 9.38. The van der Waals surface area contributed by atoms with Crippen molar-refractivity contribution in [2.45, 2.75) is 4.90 Å². The summed E-state index contributed by atoms with van der Waals surface area (Å²) in [6.45, 7) is 0. The molecule has 0 bridgehead atoms. The number of rotatable bonds is 7. The van der Waals surface area contributed by atoms with Crippen molar-refractivity contribution in [2.75, 3.05) is 24.3 Å². The number of nitrogens with one attached hydrogen (secondary N) is 2. The van der Waals surface area contributed by atoms with Gasteiger partial charge in [-0.2, -0.15) is 9.97 Å². The maximum Gasteiger partial charge on any atom is 0.321 e. The van der Waals surface area contributed by atoms with Crippen LogP contribution in [0.2, 0.25) is 10.0 Å². The van der Waals surface area contributed by atoms with Gasteiger partial charge in [0.1, 0.15) is 0 Å². The molecule has 0 aliphatic carbocycles. The van der Waals surface area contributed by atoms with Crippen LogP contribution < -0.4 is 19.5 Å². The van der Waals surface area contributed by atoms with Crippen LogP contribution in [0, 0.1) is 0 Å². The third-order valence-electron chi connectivity index (χ3n) is 3.91. The average Bonchev–Trinajstić information content (AvgIpc) is 2.75. The number of carbonyl (C=O) groups excluding carboxylic acids is 1. The highest BCUT2D eigenvalue weighted by Crippen LogP contribution is 2.24. The Hall–Kier alpha value is -3.08. The van der Waals surface area contributed by atoms with Crippen LogP contribution >= 0.6 is 23.2 Å². The maximum atomic E-state index is 12.7. The van der Waals surface area contributed by atoms with Crippen LogP contribution in [-0.2, 0) is 10.0 Å². The number of sulfonamides is 1. The minimum absolute atomic E-state index is 0.0309. The first-order chi connectivity index (χ1) is 14.7. The number of hydrogen-bond donors (Lipinski definition) is 2. The number of nitrogens with zero attached hydrogens (tertiary/aromatic N) is 2. The van der Waals surface area contributed by atoms with Crippen molar-refractivity contribution < 1.29 is 22.7 Å². The summed E-state index contributed by atoms with van der Waals surface area (Å²) in [4.78, 5) is 20.2. The monoisotopic (exact) mass is 482 g/mol. The summed E-state index contributed by atoms with van der Waals surface area (Å²) >= 11 is 11.9. The van der Waals surface area contributed by atoms with E-state index < -0.39 is 15.9 Å². The van der Waals surface area contributed by atoms with Crippen molar-refractivity contribution in [1.29, 1.82) is 0 Å². The number of benzene rings is 2. The first kappa shape index (κ1) is 22.6. The number of carbonyl (C=O) groups is 1. The zero-order chi connectivity index (χ0) is 22.6. The molecular formula is C19H16Cl2N4O5S. The summed E-state index contributed by atoms with van der Waals surface area (Å²) in [5.41, 5.74) is 0.560. The minimum Gasteiger partial charge on any atom is -0.481 e. The Bertz CT molecular complexity index is 1200. The van der Waals surface area contributed by atoms with Crippen molar-refractivity contribution in [3.05, 3.63) is 64.1 Å². The van der Waals surface area contributed by atoms with Gasteiger partial charge >= 0.3 is 6.01 Å². The van der Waals surface area contributed by atoms with E-state index in [2.05, 4.69) is 20.0 Å². The van der Waals surface area contributed by atoms with E-state index in [4.69, 9.17) is 32.7 Å². The highest BCUT2D eigenvalue weighted by atomic mass is 35.5. The molecule has 31 heavy (non-hydrogen) atoms. The zero-order valence-electron chi connectivity index (χ0n) is 16.2. The molecule has 3 rings (SSSR count). The largest absolute Gasteiger partial charge is 0.481 e. The molecule has 0 aliphatic heterocycles. The topological polar surface area (TPSA) is 120 Å². The molecule has 1 amide bonds. The lowest BCUT2D eigenvalue weighted by Gasteiger charge is -2.11. The summed E-state index contributed by atoms with van der Waals surface area (Å²) in [6.07, 6.45) is 0. The number of halogens is 2. The second-order valence-electron chi connectivity index (χ2n) is 5.99. The van der Waals surface area contributed by atoms with Crippen LogP contribution in [-0.4, -0.2) is 38.5 Å². The van der Waals surface area contributed by atoms with Gasteiger partial charge in [-0.15, -0.1) is 0 Å². The van der Waals surface area contributed by atoms with E-state index in [9.17, 15) is 13.2 Å². The fourth-order valence-corrected chi connectivity index (χ4v) is 3.80. The van der Waals surface area contributed by atoms with E-state index in [1.807, 2.05) is 0 Å². The number of aromatic nitrogens is 2. The molecule has 0 saturated carbocycles. The van der Waals surface area contributed by atoms with Gasteiger partial charge in [0.25, 0.3) is 15.9 Å². The number of amides is 1. The Balaban J connectivity index is 1.77. The van der Waals surface area contributed by atoms with E-state index in [-0.39, 0.29) is 33.2 Å². The number of methoxy groups -OCH3 is 2. The van der Waals surface area contributed by atoms with Gasteiger partial charge in [-0.3, -0.25) is 9.52 Å². The molecule has 1 heterocycles. The van der Waals surface area contributed by atoms with E-state index in [0.717, 1.165) is 0 Å². The predicted molar refractivity (Wildman–Crippen MR) is 117 cm³/mol. The Morgan fingerprint density at radius 1 is 0.968 bits per heavy atom. The van der Waals surface area contributed by atoms with Crippen LogP contribution in [0.1, 0.15) is 10.4 Å². The fraction of sp³-hybridized carbons (Fsp3) is 0.105. The summed E-state index contributed by atoms with van der Waals surface area (Å²) < 4.78 is 37.6. The highest BCUT2D eigenvalue weighted by molar-refractivity contribution is 7.92. The van der Waals surface area contributed by atoms with Crippen molar-refractivity contribution in [2.24, 2.45) is 0 Å². The van der Waals surface area contributed by atoms with Crippen molar-refractivity contribution >= 4 is 50.6 Å². The molecule has 0 atom stereocenters. The van der Waals surface area contributed by atoms with Crippen molar-refractivity contribution in [3.8, 4) is 11.9 Å². The first-order valence-electron chi connectivity index (χ1n) is 8.58. The molecule has 0 radical (unpaired) electrons. The van der Waals surface area contributed by atoms with Crippen molar-refractivity contribution in [1.82, 2.24) is 9.97 Å². The van der Waals surface area contributed by atoms with Gasteiger partial charge in [0, 0.05) is 16.8 Å². The second-order valence-corrected chi connectivity index (χ2v) is 8.52. The average molecular weight is 483 g/mol. The number of hydrogen-bond acceptors (Lipinski definition) is 7. The molecule has 12 heteroatoms. The van der Waals surface area contributed by atoms with E-state index >= 15 is 0 Å². The quantitative estimate of drug-likeness (QED) is 0.524. The Morgan fingerprint density at radius 2 is 1.68 bits per heavy atom. The molecule has 2 aromatic carbocycles. The lowest BCUT2D eigenvalue weighted by Crippen LogP contribution is -2.15. The predicted octanol–water partition coefficient (Wildman–Crippen LogP) is 3.85. The van der Waals surface area contributed by atoms with Gasteiger partial charge in [-0.1, -0.05) is 23.2 Å². The molecule has 0 aliphatic rings. The smallest absolute Gasteiger partial charge is 0.321 e. The van der Waals surface area contributed by atoms with Crippen LogP contribution in [0.4, 0.5) is 11.5 Å². The Kier molecular flexibility index (Phi) is 6.84. The third-order valence-corrected chi connectivity index (χ3v) is 5.84. The van der Waals surface area contributed by atoms with Crippen molar-refractivity contribution in [3.63, 3.8) is 0 Å². The maximum absolute atomic E-state index is 12.7. The summed E-state index contributed by atoms with van der Waals surface area (Å²) in [7, 11) is -1.25. The van der Waals surface area contributed by atoms with Crippen LogP contribution in [0.5, 0.6) is 11.9 Å².